The van der Waals surface area contributed by atoms with E-state index in [0.29, 0.717) is 11.2 Å². The van der Waals surface area contributed by atoms with Crippen molar-refractivity contribution in [3.63, 3.8) is 0 Å². The number of H-pyrrole nitrogens is 1. The summed E-state index contributed by atoms with van der Waals surface area (Å²) in [6, 6.07) is 8.63. The minimum atomic E-state index is -4.47. The van der Waals surface area contributed by atoms with Gasteiger partial charge < -0.3 is 23.7 Å². The zero-order valence-corrected chi connectivity index (χ0v) is 40.9. The largest absolute Gasteiger partial charge is 0.474 e. The van der Waals surface area contributed by atoms with Crippen molar-refractivity contribution >= 4 is 69.6 Å². The lowest BCUT2D eigenvalue weighted by atomic mass is 10.0. The van der Waals surface area contributed by atoms with Crippen molar-refractivity contribution in [3.05, 3.63) is 65.2 Å². The topological polar surface area (TPSA) is 273 Å². The van der Waals surface area contributed by atoms with Gasteiger partial charge in [0.15, 0.2) is 42.7 Å². The Morgan fingerprint density at radius 2 is 1.55 bits per heavy atom. The Labute approximate surface area is 380 Å². The van der Waals surface area contributed by atoms with Crippen molar-refractivity contribution in [2.45, 2.75) is 103 Å². The summed E-state index contributed by atoms with van der Waals surface area (Å²) in [6.07, 6.45) is -3.45. The fraction of sp³-hybridized carbons (Fsp3) is 0.550. The van der Waals surface area contributed by atoms with Crippen LogP contribution in [-0.4, -0.2) is 117 Å². The van der Waals surface area contributed by atoms with Crippen LogP contribution in [0.15, 0.2) is 54.1 Å². The lowest BCUT2D eigenvalue weighted by Crippen LogP contribution is -2.49. The fourth-order valence-corrected chi connectivity index (χ4v) is 11.2. The average molecular weight is 973 g/mol. The number of ether oxygens (including phenoxy) is 2. The molecule has 4 aromatic heterocycles. The van der Waals surface area contributed by atoms with E-state index in [4.69, 9.17) is 36.5 Å². The van der Waals surface area contributed by atoms with Crippen LogP contribution in [-0.2, 0) is 50.4 Å². The molecule has 66 heavy (non-hydrogen) atoms. The number of carbonyl (C=O) groups excluding carboxylic acids is 2. The summed E-state index contributed by atoms with van der Waals surface area (Å²) in [5, 5.41) is 5.06. The molecule has 0 bridgehead atoms. The summed E-state index contributed by atoms with van der Waals surface area (Å²) in [6.45, 7) is 15.8. The lowest BCUT2D eigenvalue weighted by molar-refractivity contribution is -0.118. The third-order valence-corrected chi connectivity index (χ3v) is 19.3. The number of imidazole rings is 2. The van der Waals surface area contributed by atoms with Gasteiger partial charge in [0, 0.05) is 31.2 Å². The third kappa shape index (κ3) is 9.46. The minimum Gasteiger partial charge on any atom is -0.407 e. The smallest absolute Gasteiger partial charge is 0.407 e. The Bertz CT molecular complexity index is 2780. The van der Waals surface area contributed by atoms with Crippen molar-refractivity contribution in [2.24, 2.45) is 11.8 Å². The fourth-order valence-electron chi connectivity index (χ4n) is 7.57. The van der Waals surface area contributed by atoms with Crippen LogP contribution in [0.4, 0.5) is 11.8 Å². The monoisotopic (exact) mass is 972 g/mol. The first-order valence-electron chi connectivity index (χ1n) is 21.3. The number of amides is 2. The maximum Gasteiger partial charge on any atom is 0.474 e. The molecule has 8 rings (SSSR count). The van der Waals surface area contributed by atoms with E-state index in [1.165, 1.54) is 37.3 Å². The van der Waals surface area contributed by atoms with Crippen molar-refractivity contribution < 1.29 is 55.2 Å². The van der Waals surface area contributed by atoms with Crippen LogP contribution in [0.3, 0.4) is 0 Å². The van der Waals surface area contributed by atoms with Crippen LogP contribution in [0.5, 0.6) is 0 Å². The van der Waals surface area contributed by atoms with Gasteiger partial charge in [0.2, 0.25) is 11.9 Å². The molecule has 0 spiro atoms. The molecule has 26 heteroatoms. The number of carbonyl (C=O) groups is 2. The molecular formula is C40H54N10O13P2Si. The van der Waals surface area contributed by atoms with Crippen molar-refractivity contribution in [2.75, 3.05) is 37.6 Å². The van der Waals surface area contributed by atoms with Gasteiger partial charge in [-0.25, -0.2) is 24.5 Å². The molecule has 0 aliphatic carbocycles. The minimum absolute atomic E-state index is 0.0468. The highest BCUT2D eigenvalue weighted by Gasteiger charge is 2.56. The SMILES string of the molecule is COP1(=O)OC[C@H]2O[C@@H](n3cnc4c(=O)[nH]c(NC(=O)C(C)C)nc43)C(O[Si](C)(C)C(C)(C)C)[C@H]2OP(C)(=O)OC[C@H]2O[C@@H](n3cnc4c(NC(=O)c5ccccc5)ncnc43)C(C)[C@H]2O1. The van der Waals surface area contributed by atoms with E-state index in [9.17, 15) is 23.5 Å². The first-order chi connectivity index (χ1) is 31.1. The molecule has 7 heterocycles. The molecule has 3 saturated heterocycles. The summed E-state index contributed by atoms with van der Waals surface area (Å²) in [7, 11) is -10.1. The van der Waals surface area contributed by atoms with Gasteiger partial charge in [-0.2, -0.15) is 4.98 Å². The number of aromatic amines is 1. The summed E-state index contributed by atoms with van der Waals surface area (Å²) >= 11 is 0. The predicted molar refractivity (Wildman–Crippen MR) is 240 cm³/mol. The standard InChI is InChI=1S/C40H54N10O13P2Si/c1-21(2)34(51)47-39-46-33-27(36(53)48-39)44-20-50(33)38-30(63-66(9,10)40(4,5)6)29-25(60-38)17-58-65(55,56-7)62-28-22(3)37(59-24(28)16-57-64(8,54)61-29)49-19-43-26-31(41-18-42-32(26)49)45-35(52)23-14-12-11-13-15-23/h11-15,18-22,24-25,28-30,37-38H,16-17H2,1-10H3,(H,41,42,45,52)(H2,46,47,48,51,53)/t22?,24-,25-,28-,29+,30?,37-,38-,64?,65?/m1/s1. The van der Waals surface area contributed by atoms with Crippen LogP contribution in [0, 0.1) is 11.8 Å². The molecule has 4 unspecified atom stereocenters. The quantitative estimate of drug-likeness (QED) is 0.112. The Morgan fingerprint density at radius 1 is 0.894 bits per heavy atom. The molecule has 5 aromatic rings. The molecule has 356 valence electrons. The highest BCUT2D eigenvalue weighted by Crippen LogP contribution is 2.57. The number of aromatic nitrogens is 8. The highest BCUT2D eigenvalue weighted by atomic mass is 31.2. The zero-order chi connectivity index (χ0) is 47.5. The molecule has 3 aliphatic heterocycles. The second kappa shape index (κ2) is 18.1. The molecule has 10 atom stereocenters. The summed E-state index contributed by atoms with van der Waals surface area (Å²) in [5.41, 5.74) is 0.386. The van der Waals surface area contributed by atoms with Crippen molar-refractivity contribution in [1.82, 2.24) is 39.0 Å². The van der Waals surface area contributed by atoms with E-state index in [0.717, 1.165) is 0 Å². The number of phosphoric acid groups is 1. The zero-order valence-electron chi connectivity index (χ0n) is 38.1. The van der Waals surface area contributed by atoms with Gasteiger partial charge in [0.25, 0.3) is 11.5 Å². The first kappa shape index (κ1) is 47.9. The van der Waals surface area contributed by atoms with Gasteiger partial charge in [-0.15, -0.1) is 0 Å². The summed E-state index contributed by atoms with van der Waals surface area (Å²) in [5.74, 6) is -1.75. The molecule has 0 radical (unpaired) electrons. The third-order valence-electron chi connectivity index (χ3n) is 12.2. The number of benzene rings is 1. The van der Waals surface area contributed by atoms with E-state index in [-0.39, 0.29) is 46.0 Å². The number of nitrogens with one attached hydrogen (secondary N) is 3. The Hall–Kier alpha value is -4.58. The number of anilines is 2. The maximum absolute atomic E-state index is 14.6. The second-order valence-electron chi connectivity index (χ2n) is 18.2. The van der Waals surface area contributed by atoms with Gasteiger partial charge in [-0.1, -0.05) is 59.7 Å². The molecule has 0 saturated carbocycles. The van der Waals surface area contributed by atoms with Gasteiger partial charge in [0.1, 0.15) is 43.1 Å². The molecule has 2 amide bonds. The molecule has 23 nitrogen and oxygen atoms in total. The lowest BCUT2D eigenvalue weighted by Gasteiger charge is -2.41. The maximum atomic E-state index is 14.6. The van der Waals surface area contributed by atoms with Crippen molar-refractivity contribution in [3.8, 4) is 0 Å². The Balaban J connectivity index is 1.11. The van der Waals surface area contributed by atoms with Gasteiger partial charge in [-0.3, -0.25) is 56.5 Å². The molecule has 1 aromatic carbocycles. The number of rotatable bonds is 9. The van der Waals surface area contributed by atoms with E-state index in [2.05, 4.69) is 40.5 Å². The van der Waals surface area contributed by atoms with Crippen LogP contribution in [0.25, 0.3) is 22.3 Å². The van der Waals surface area contributed by atoms with Gasteiger partial charge in [-0.05, 0) is 30.3 Å². The van der Waals surface area contributed by atoms with Crippen LogP contribution < -0.4 is 16.2 Å². The van der Waals surface area contributed by atoms with Crippen molar-refractivity contribution in [1.29, 1.82) is 0 Å². The summed E-state index contributed by atoms with van der Waals surface area (Å²) in [4.78, 5) is 63.5. The van der Waals surface area contributed by atoms with Crippen LogP contribution in [0.1, 0.15) is 64.4 Å². The summed E-state index contributed by atoms with van der Waals surface area (Å²) < 4.78 is 82.7. The number of nitrogens with zero attached hydrogens (tertiary/aromatic N) is 7. The predicted octanol–water partition coefficient (Wildman–Crippen LogP) is 6.02. The molecule has 3 aliphatic rings. The average Bonchev–Trinajstić information content (AvgIpc) is 4.03. The van der Waals surface area contributed by atoms with Gasteiger partial charge in [0.05, 0.1) is 25.9 Å². The number of phosphoric ester groups is 1. The van der Waals surface area contributed by atoms with E-state index in [1.54, 1.807) is 55.7 Å². The Morgan fingerprint density at radius 3 is 2.23 bits per heavy atom. The number of hydrogen-bond donors (Lipinski definition) is 3. The molecule has 3 N–H and O–H groups in total. The van der Waals surface area contributed by atoms with Crippen LogP contribution in [0.2, 0.25) is 18.1 Å². The van der Waals surface area contributed by atoms with E-state index in [1.807, 2.05) is 33.9 Å². The second-order valence-corrected chi connectivity index (χ2v) is 26.7. The molecular weight excluding hydrogens is 919 g/mol. The van der Waals surface area contributed by atoms with Gasteiger partial charge >= 0.3 is 15.4 Å². The highest BCUT2D eigenvalue weighted by molar-refractivity contribution is 7.53. The first-order valence-corrected chi connectivity index (χ1v) is 27.6. The van der Waals surface area contributed by atoms with E-state index < -0.39 is 96.6 Å². The van der Waals surface area contributed by atoms with E-state index >= 15 is 0 Å². The normalized spacial score (nSPS) is 29.9. The number of fused-ring (bicyclic) bond motifs is 4. The molecule has 3 fully saturated rings. The Kier molecular flexibility index (Phi) is 13.2. The number of hydrogen-bond acceptors (Lipinski definition) is 18. The van der Waals surface area contributed by atoms with Crippen LogP contribution >= 0.6 is 15.4 Å².